The van der Waals surface area contributed by atoms with E-state index in [1.165, 1.54) is 6.29 Å². The minimum absolute atomic E-state index is 0.00309. The number of hydrogen-bond acceptors (Lipinski definition) is 3. The molecule has 0 aromatic carbocycles. The van der Waals surface area contributed by atoms with Gasteiger partial charge in [0.15, 0.2) is 0 Å². The highest BCUT2D eigenvalue weighted by Gasteiger charge is 2.49. The van der Waals surface area contributed by atoms with Gasteiger partial charge in [-0.05, 0) is 65.2 Å². The van der Waals surface area contributed by atoms with Crippen molar-refractivity contribution in [1.82, 2.24) is 5.32 Å². The maximum absolute atomic E-state index is 11.7. The highest BCUT2D eigenvalue weighted by molar-refractivity contribution is 5.68. The molecule has 0 saturated heterocycles. The number of alkyl carbamates (subject to hydrolysis) is 1. The van der Waals surface area contributed by atoms with Gasteiger partial charge in [0.2, 0.25) is 0 Å². The number of hydrogen-bond donors (Lipinski definition) is 1. The van der Waals surface area contributed by atoms with Crippen LogP contribution in [0, 0.1) is 11.3 Å². The number of rotatable bonds is 3. The van der Waals surface area contributed by atoms with E-state index in [9.17, 15) is 9.59 Å². The van der Waals surface area contributed by atoms with Gasteiger partial charge in [0.05, 0.1) is 0 Å². The van der Waals surface area contributed by atoms with Gasteiger partial charge in [0, 0.05) is 11.5 Å². The lowest BCUT2D eigenvalue weighted by molar-refractivity contribution is -0.114. The Labute approximate surface area is 115 Å². The molecular formula is C15H25NO3. The third-order valence-electron chi connectivity index (χ3n) is 4.32. The predicted octanol–water partition coefficient (Wildman–Crippen LogP) is 3.05. The van der Waals surface area contributed by atoms with Gasteiger partial charge in [-0.1, -0.05) is 0 Å². The van der Waals surface area contributed by atoms with Crippen LogP contribution in [0.15, 0.2) is 0 Å². The molecule has 0 aliphatic heterocycles. The van der Waals surface area contributed by atoms with Crippen molar-refractivity contribution in [2.75, 3.05) is 0 Å². The fourth-order valence-electron chi connectivity index (χ4n) is 3.05. The normalized spacial score (nSPS) is 29.4. The lowest BCUT2D eigenvalue weighted by Crippen LogP contribution is -2.41. The molecule has 0 radical (unpaired) electrons. The Morgan fingerprint density at radius 2 is 1.79 bits per heavy atom. The molecule has 0 unspecified atom stereocenters. The molecule has 1 N–H and O–H groups in total. The number of carbonyl (C=O) groups is 2. The van der Waals surface area contributed by atoms with Crippen molar-refractivity contribution >= 4 is 12.4 Å². The largest absolute Gasteiger partial charge is 0.444 e. The Morgan fingerprint density at radius 3 is 2.21 bits per heavy atom. The van der Waals surface area contributed by atoms with Crippen molar-refractivity contribution in [3.63, 3.8) is 0 Å². The van der Waals surface area contributed by atoms with Crippen molar-refractivity contribution < 1.29 is 14.3 Å². The molecule has 0 heterocycles. The van der Waals surface area contributed by atoms with Crippen LogP contribution in [-0.4, -0.2) is 24.0 Å². The highest BCUT2D eigenvalue weighted by Crippen LogP contribution is 2.54. The monoisotopic (exact) mass is 267 g/mol. The summed E-state index contributed by atoms with van der Waals surface area (Å²) in [5.41, 5.74) is -0.451. The van der Waals surface area contributed by atoms with E-state index in [4.69, 9.17) is 4.74 Å². The van der Waals surface area contributed by atoms with E-state index in [0.717, 1.165) is 38.5 Å². The quantitative estimate of drug-likeness (QED) is 0.800. The fourth-order valence-corrected chi connectivity index (χ4v) is 3.05. The second kappa shape index (κ2) is 5.14. The highest BCUT2D eigenvalue weighted by atomic mass is 16.6. The molecule has 108 valence electrons. The van der Waals surface area contributed by atoms with Gasteiger partial charge in [-0.15, -0.1) is 0 Å². The SMILES string of the molecule is CC(C)(C)OC(=O)NC1CCC(C2(C=O)CC2)CC1. The predicted molar refractivity (Wildman–Crippen MR) is 72.8 cm³/mol. The molecule has 2 saturated carbocycles. The fraction of sp³-hybridized carbons (Fsp3) is 0.867. The third-order valence-corrected chi connectivity index (χ3v) is 4.32. The van der Waals surface area contributed by atoms with Crippen LogP contribution in [0.1, 0.15) is 59.3 Å². The molecule has 2 aliphatic rings. The first-order valence-corrected chi connectivity index (χ1v) is 7.30. The Morgan fingerprint density at radius 1 is 1.21 bits per heavy atom. The zero-order valence-corrected chi connectivity index (χ0v) is 12.2. The smallest absolute Gasteiger partial charge is 0.407 e. The van der Waals surface area contributed by atoms with Crippen molar-refractivity contribution in [1.29, 1.82) is 0 Å². The summed E-state index contributed by atoms with van der Waals surface area (Å²) in [7, 11) is 0. The number of nitrogens with one attached hydrogen (secondary N) is 1. The lowest BCUT2D eigenvalue weighted by Gasteiger charge is -2.32. The first-order chi connectivity index (χ1) is 8.85. The zero-order chi connectivity index (χ0) is 14.1. The maximum Gasteiger partial charge on any atom is 0.407 e. The summed E-state index contributed by atoms with van der Waals surface area (Å²) >= 11 is 0. The summed E-state index contributed by atoms with van der Waals surface area (Å²) < 4.78 is 5.26. The average molecular weight is 267 g/mol. The van der Waals surface area contributed by atoms with Crippen LogP contribution in [-0.2, 0) is 9.53 Å². The van der Waals surface area contributed by atoms with E-state index < -0.39 is 5.60 Å². The summed E-state index contributed by atoms with van der Waals surface area (Å²) in [6.07, 6.45) is 6.96. The number of carbonyl (C=O) groups excluding carboxylic acids is 2. The van der Waals surface area contributed by atoms with Gasteiger partial charge >= 0.3 is 6.09 Å². The van der Waals surface area contributed by atoms with Crippen molar-refractivity contribution in [2.45, 2.75) is 70.9 Å². The van der Waals surface area contributed by atoms with Crippen LogP contribution in [0.25, 0.3) is 0 Å². The molecule has 4 nitrogen and oxygen atoms in total. The molecule has 0 bridgehead atoms. The number of ether oxygens (including phenoxy) is 1. The minimum Gasteiger partial charge on any atom is -0.444 e. The van der Waals surface area contributed by atoms with Crippen LogP contribution in [0.4, 0.5) is 4.79 Å². The Kier molecular flexibility index (Phi) is 3.88. The number of amides is 1. The summed E-state index contributed by atoms with van der Waals surface area (Å²) in [4.78, 5) is 22.8. The van der Waals surface area contributed by atoms with Crippen LogP contribution in [0.5, 0.6) is 0 Å². The Balaban J connectivity index is 1.75. The van der Waals surface area contributed by atoms with Gasteiger partial charge in [0.1, 0.15) is 11.9 Å². The van der Waals surface area contributed by atoms with E-state index in [1.807, 2.05) is 20.8 Å². The minimum atomic E-state index is -0.448. The van der Waals surface area contributed by atoms with E-state index >= 15 is 0 Å². The lowest BCUT2D eigenvalue weighted by atomic mass is 9.77. The van der Waals surface area contributed by atoms with E-state index in [-0.39, 0.29) is 17.6 Å². The molecule has 2 aliphatic carbocycles. The Hall–Kier alpha value is -1.06. The summed E-state index contributed by atoms with van der Waals surface area (Å²) in [6, 6.07) is 0.202. The number of aldehydes is 1. The topological polar surface area (TPSA) is 55.4 Å². The molecule has 0 spiro atoms. The summed E-state index contributed by atoms with van der Waals surface area (Å²) in [6.45, 7) is 5.60. The summed E-state index contributed by atoms with van der Waals surface area (Å²) in [5.74, 6) is 0.529. The van der Waals surface area contributed by atoms with Gasteiger partial charge in [-0.3, -0.25) is 0 Å². The molecule has 19 heavy (non-hydrogen) atoms. The molecule has 1 amide bonds. The molecule has 0 aromatic rings. The Bertz CT molecular complexity index is 347. The maximum atomic E-state index is 11.7. The van der Waals surface area contributed by atoms with Crippen molar-refractivity contribution in [3.8, 4) is 0 Å². The van der Waals surface area contributed by atoms with Gasteiger partial charge in [-0.25, -0.2) is 4.79 Å². The average Bonchev–Trinajstić information content (AvgIpc) is 3.08. The molecule has 4 heteroatoms. The molecule has 2 fully saturated rings. The van der Waals surface area contributed by atoms with Crippen LogP contribution >= 0.6 is 0 Å². The summed E-state index contributed by atoms with van der Waals surface area (Å²) in [5, 5.41) is 2.94. The molecule has 0 aromatic heterocycles. The van der Waals surface area contributed by atoms with Gasteiger partial charge in [-0.2, -0.15) is 0 Å². The third kappa shape index (κ3) is 3.71. The first-order valence-electron chi connectivity index (χ1n) is 7.30. The van der Waals surface area contributed by atoms with Crippen LogP contribution in [0.2, 0.25) is 0 Å². The second-order valence-corrected chi connectivity index (χ2v) is 7.05. The van der Waals surface area contributed by atoms with E-state index in [2.05, 4.69) is 5.32 Å². The van der Waals surface area contributed by atoms with E-state index in [0.29, 0.717) is 5.92 Å². The second-order valence-electron chi connectivity index (χ2n) is 7.05. The van der Waals surface area contributed by atoms with Gasteiger partial charge in [0.25, 0.3) is 0 Å². The molecule has 0 atom stereocenters. The zero-order valence-electron chi connectivity index (χ0n) is 12.2. The van der Waals surface area contributed by atoms with Crippen LogP contribution in [0.3, 0.4) is 0 Å². The standard InChI is InChI=1S/C15H25NO3/c1-14(2,3)19-13(18)16-12-6-4-11(5-7-12)15(10-17)8-9-15/h10-12H,4-9H2,1-3H3,(H,16,18). The van der Waals surface area contributed by atoms with Crippen molar-refractivity contribution in [3.05, 3.63) is 0 Å². The molecule has 2 rings (SSSR count). The van der Waals surface area contributed by atoms with Crippen LogP contribution < -0.4 is 5.32 Å². The van der Waals surface area contributed by atoms with Crippen molar-refractivity contribution in [2.24, 2.45) is 11.3 Å². The van der Waals surface area contributed by atoms with Gasteiger partial charge < -0.3 is 14.8 Å². The first kappa shape index (κ1) is 14.4. The molecular weight excluding hydrogens is 242 g/mol. The van der Waals surface area contributed by atoms with E-state index in [1.54, 1.807) is 0 Å².